The van der Waals surface area contributed by atoms with Gasteiger partial charge >= 0.3 is 0 Å². The number of hydrogen-bond donors (Lipinski definition) is 1. The molecule has 2 aromatic rings. The molecular weight excluding hydrogens is 228 g/mol. The lowest BCUT2D eigenvalue weighted by Gasteiger charge is -1.99. The van der Waals surface area contributed by atoms with Crippen molar-refractivity contribution in [2.45, 2.75) is 13.0 Å². The highest BCUT2D eigenvalue weighted by atomic mass is 19.2. The molecule has 0 amide bonds. The fraction of sp³-hybridized carbons (Fsp3) is 0.273. The van der Waals surface area contributed by atoms with Crippen molar-refractivity contribution in [2.24, 2.45) is 0 Å². The lowest BCUT2D eigenvalue weighted by molar-refractivity contribution is 0.441. The van der Waals surface area contributed by atoms with Crippen molar-refractivity contribution in [3.05, 3.63) is 47.2 Å². The first-order valence-electron chi connectivity index (χ1n) is 5.09. The van der Waals surface area contributed by atoms with Crippen LogP contribution in [-0.4, -0.2) is 17.2 Å². The van der Waals surface area contributed by atoms with Crippen LogP contribution in [-0.2, 0) is 13.0 Å². The molecule has 4 nitrogen and oxygen atoms in total. The van der Waals surface area contributed by atoms with E-state index in [2.05, 4.69) is 15.5 Å². The van der Waals surface area contributed by atoms with Crippen molar-refractivity contribution in [3.63, 3.8) is 0 Å². The summed E-state index contributed by atoms with van der Waals surface area (Å²) < 4.78 is 31.6. The Bertz CT molecular complexity index is 513. The average molecular weight is 239 g/mol. The molecule has 0 atom stereocenters. The first kappa shape index (κ1) is 11.7. The molecule has 0 saturated heterocycles. The van der Waals surface area contributed by atoms with E-state index in [1.165, 1.54) is 12.1 Å². The molecule has 17 heavy (non-hydrogen) atoms. The molecule has 0 saturated carbocycles. The highest BCUT2D eigenvalue weighted by molar-refractivity contribution is 5.21. The third kappa shape index (κ3) is 2.65. The third-order valence-electron chi connectivity index (χ3n) is 2.21. The van der Waals surface area contributed by atoms with Gasteiger partial charge in [0.15, 0.2) is 11.6 Å². The zero-order valence-corrected chi connectivity index (χ0v) is 9.20. The molecule has 0 fully saturated rings. The van der Waals surface area contributed by atoms with Crippen LogP contribution in [0, 0.1) is 11.6 Å². The summed E-state index contributed by atoms with van der Waals surface area (Å²) in [4.78, 5) is 0. The van der Waals surface area contributed by atoms with Gasteiger partial charge in [0, 0.05) is 5.56 Å². The first-order chi connectivity index (χ1) is 8.20. The largest absolute Gasteiger partial charge is 0.424 e. The molecule has 2 rings (SSSR count). The van der Waals surface area contributed by atoms with Gasteiger partial charge in [-0.2, -0.15) is 0 Å². The van der Waals surface area contributed by atoms with Gasteiger partial charge in [-0.3, -0.25) is 0 Å². The zero-order valence-electron chi connectivity index (χ0n) is 9.20. The summed E-state index contributed by atoms with van der Waals surface area (Å²) >= 11 is 0. The van der Waals surface area contributed by atoms with Crippen molar-refractivity contribution in [1.29, 1.82) is 0 Å². The molecule has 0 bridgehead atoms. The Balaban J connectivity index is 2.16. The maximum absolute atomic E-state index is 13.4. The number of benzene rings is 1. The molecule has 0 spiro atoms. The average Bonchev–Trinajstić information content (AvgIpc) is 2.73. The van der Waals surface area contributed by atoms with Crippen LogP contribution >= 0.6 is 0 Å². The Morgan fingerprint density at radius 1 is 1.24 bits per heavy atom. The Hall–Kier alpha value is -1.82. The van der Waals surface area contributed by atoms with E-state index in [1.807, 2.05) is 0 Å². The van der Waals surface area contributed by atoms with Gasteiger partial charge in [-0.25, -0.2) is 8.78 Å². The van der Waals surface area contributed by atoms with Crippen LogP contribution in [0.15, 0.2) is 22.6 Å². The predicted octanol–water partition coefficient (Wildman–Crippen LogP) is 1.66. The van der Waals surface area contributed by atoms with Crippen LogP contribution in [0.25, 0.3) is 0 Å². The number of nitrogens with zero attached hydrogens (tertiary/aromatic N) is 2. The fourth-order valence-electron chi connectivity index (χ4n) is 1.43. The molecular formula is C11H11F2N3O. The summed E-state index contributed by atoms with van der Waals surface area (Å²) in [6.45, 7) is 0.443. The van der Waals surface area contributed by atoms with E-state index in [0.29, 0.717) is 12.4 Å². The molecule has 6 heteroatoms. The molecule has 0 radical (unpaired) electrons. The number of halogens is 2. The number of nitrogens with one attached hydrogen (secondary N) is 1. The second-order valence-corrected chi connectivity index (χ2v) is 3.51. The monoisotopic (exact) mass is 239 g/mol. The standard InChI is InChI=1S/C11H11F2N3O/c1-14-6-10-16-15-9(17-10)5-7-3-2-4-8(12)11(7)13/h2-4,14H,5-6H2,1H3. The molecule has 0 unspecified atom stereocenters. The SMILES string of the molecule is CNCc1nnc(Cc2cccc(F)c2F)o1. The van der Waals surface area contributed by atoms with E-state index < -0.39 is 11.6 Å². The number of aromatic nitrogens is 2. The number of hydrogen-bond acceptors (Lipinski definition) is 4. The number of rotatable bonds is 4. The van der Waals surface area contributed by atoms with Gasteiger partial charge in [0.2, 0.25) is 11.8 Å². The maximum atomic E-state index is 13.4. The van der Waals surface area contributed by atoms with Crippen LogP contribution in [0.1, 0.15) is 17.3 Å². The van der Waals surface area contributed by atoms with Gasteiger partial charge in [-0.15, -0.1) is 10.2 Å². The minimum atomic E-state index is -0.877. The van der Waals surface area contributed by atoms with E-state index in [9.17, 15) is 8.78 Å². The molecule has 1 aromatic heterocycles. The molecule has 1 heterocycles. The van der Waals surface area contributed by atoms with Crippen molar-refractivity contribution >= 4 is 0 Å². The van der Waals surface area contributed by atoms with Crippen LogP contribution in [0.5, 0.6) is 0 Å². The van der Waals surface area contributed by atoms with Crippen LogP contribution in [0.4, 0.5) is 8.78 Å². The third-order valence-corrected chi connectivity index (χ3v) is 2.21. The van der Waals surface area contributed by atoms with Crippen molar-refractivity contribution < 1.29 is 13.2 Å². The quantitative estimate of drug-likeness (QED) is 0.881. The predicted molar refractivity (Wildman–Crippen MR) is 56.2 cm³/mol. The van der Waals surface area contributed by atoms with Crippen molar-refractivity contribution in [2.75, 3.05) is 7.05 Å². The highest BCUT2D eigenvalue weighted by Crippen LogP contribution is 2.15. The maximum Gasteiger partial charge on any atom is 0.230 e. The first-order valence-corrected chi connectivity index (χ1v) is 5.09. The Morgan fingerprint density at radius 3 is 2.76 bits per heavy atom. The van der Waals surface area contributed by atoms with Crippen LogP contribution in [0.2, 0.25) is 0 Å². The molecule has 0 aliphatic carbocycles. The topological polar surface area (TPSA) is 51.0 Å². The summed E-state index contributed by atoms with van der Waals surface area (Å²) in [7, 11) is 1.75. The van der Waals surface area contributed by atoms with Gasteiger partial charge in [0.05, 0.1) is 13.0 Å². The van der Waals surface area contributed by atoms with Crippen molar-refractivity contribution in [3.8, 4) is 0 Å². The van der Waals surface area contributed by atoms with E-state index in [1.54, 1.807) is 7.05 Å². The smallest absolute Gasteiger partial charge is 0.230 e. The summed E-state index contributed by atoms with van der Waals surface area (Å²) in [5, 5.41) is 10.4. The normalized spacial score (nSPS) is 10.8. The summed E-state index contributed by atoms with van der Waals surface area (Å²) in [5.41, 5.74) is 0.199. The van der Waals surface area contributed by atoms with E-state index >= 15 is 0 Å². The minimum Gasteiger partial charge on any atom is -0.424 e. The zero-order chi connectivity index (χ0) is 12.3. The lowest BCUT2D eigenvalue weighted by Crippen LogP contribution is -2.04. The summed E-state index contributed by atoms with van der Waals surface area (Å²) in [6.07, 6.45) is 0.0836. The van der Waals surface area contributed by atoms with Gasteiger partial charge in [-0.05, 0) is 13.1 Å². The van der Waals surface area contributed by atoms with Gasteiger partial charge in [0.25, 0.3) is 0 Å². The molecule has 90 valence electrons. The molecule has 1 aromatic carbocycles. The molecule has 0 aliphatic heterocycles. The Morgan fingerprint density at radius 2 is 2.00 bits per heavy atom. The minimum absolute atomic E-state index is 0.0836. The van der Waals surface area contributed by atoms with E-state index in [0.717, 1.165) is 6.07 Å². The van der Waals surface area contributed by atoms with Crippen molar-refractivity contribution in [1.82, 2.24) is 15.5 Å². The fourth-order valence-corrected chi connectivity index (χ4v) is 1.43. The molecule has 0 aliphatic rings. The van der Waals surface area contributed by atoms with Crippen LogP contribution in [0.3, 0.4) is 0 Å². The highest BCUT2D eigenvalue weighted by Gasteiger charge is 2.12. The Labute approximate surface area is 96.7 Å². The van der Waals surface area contributed by atoms with E-state index in [-0.39, 0.29) is 17.9 Å². The second kappa shape index (κ2) is 5.01. The molecule has 1 N–H and O–H groups in total. The van der Waals surface area contributed by atoms with E-state index in [4.69, 9.17) is 4.42 Å². The summed E-state index contributed by atoms with van der Waals surface area (Å²) in [6, 6.07) is 4.00. The van der Waals surface area contributed by atoms with Gasteiger partial charge in [0.1, 0.15) is 0 Å². The van der Waals surface area contributed by atoms with Crippen LogP contribution < -0.4 is 5.32 Å². The lowest BCUT2D eigenvalue weighted by atomic mass is 10.1. The second-order valence-electron chi connectivity index (χ2n) is 3.51. The Kier molecular flexibility index (Phi) is 3.43. The van der Waals surface area contributed by atoms with Gasteiger partial charge in [-0.1, -0.05) is 12.1 Å². The summed E-state index contributed by atoms with van der Waals surface area (Å²) in [5.74, 6) is -1.07. The van der Waals surface area contributed by atoms with Gasteiger partial charge < -0.3 is 9.73 Å².